The molecule has 94 valence electrons. The molecule has 1 aromatic heterocycles. The maximum atomic E-state index is 6.12. The molecule has 0 saturated carbocycles. The number of nitrogens with one attached hydrogen (secondary N) is 1. The first kappa shape index (κ1) is 13.9. The lowest BCUT2D eigenvalue weighted by Crippen LogP contribution is -1.97. The van der Waals surface area contributed by atoms with E-state index in [2.05, 4.69) is 31.2 Å². The van der Waals surface area contributed by atoms with Crippen molar-refractivity contribution in [2.75, 3.05) is 12.4 Å². The number of anilines is 1. The highest BCUT2D eigenvalue weighted by molar-refractivity contribution is 9.10. The van der Waals surface area contributed by atoms with Gasteiger partial charge in [0, 0.05) is 23.2 Å². The third-order valence-electron chi connectivity index (χ3n) is 2.04. The van der Waals surface area contributed by atoms with Gasteiger partial charge in [0.25, 0.3) is 0 Å². The van der Waals surface area contributed by atoms with Gasteiger partial charge in [0.2, 0.25) is 5.95 Å². The predicted molar refractivity (Wildman–Crippen MR) is 79.9 cm³/mol. The molecule has 0 aliphatic heterocycles. The fraction of sp³-hybridized carbons (Fsp3) is 0.0909. The SMILES string of the molecule is CNc1ncc(Br)c(Sc2cc(Cl)ccc2Cl)n1. The molecular formula is C11H8BrCl2N3S. The molecule has 7 heteroatoms. The van der Waals surface area contributed by atoms with Crippen LogP contribution in [0.3, 0.4) is 0 Å². The van der Waals surface area contributed by atoms with Crippen LogP contribution in [0.5, 0.6) is 0 Å². The molecule has 0 fully saturated rings. The van der Waals surface area contributed by atoms with E-state index in [1.807, 2.05) is 6.07 Å². The maximum Gasteiger partial charge on any atom is 0.223 e. The molecule has 2 rings (SSSR count). The number of benzene rings is 1. The van der Waals surface area contributed by atoms with Crippen molar-refractivity contribution in [2.45, 2.75) is 9.92 Å². The van der Waals surface area contributed by atoms with Crippen molar-refractivity contribution in [3.8, 4) is 0 Å². The topological polar surface area (TPSA) is 37.8 Å². The Bertz CT molecular complexity index is 580. The summed E-state index contributed by atoms with van der Waals surface area (Å²) in [5, 5.41) is 4.95. The number of hydrogen-bond donors (Lipinski definition) is 1. The smallest absolute Gasteiger partial charge is 0.223 e. The third-order valence-corrected chi connectivity index (χ3v) is 4.62. The molecule has 1 heterocycles. The lowest BCUT2D eigenvalue weighted by molar-refractivity contribution is 1.03. The Balaban J connectivity index is 2.36. The van der Waals surface area contributed by atoms with Crippen LogP contribution in [0, 0.1) is 0 Å². The summed E-state index contributed by atoms with van der Waals surface area (Å²) in [5.41, 5.74) is 0. The molecule has 18 heavy (non-hydrogen) atoms. The van der Waals surface area contributed by atoms with Crippen LogP contribution in [0.2, 0.25) is 10.0 Å². The van der Waals surface area contributed by atoms with Gasteiger partial charge in [0.05, 0.1) is 9.50 Å². The Hall–Kier alpha value is -0.490. The minimum Gasteiger partial charge on any atom is -0.357 e. The first-order valence-electron chi connectivity index (χ1n) is 4.93. The highest BCUT2D eigenvalue weighted by Gasteiger charge is 2.09. The van der Waals surface area contributed by atoms with Gasteiger partial charge in [0.15, 0.2) is 0 Å². The molecule has 0 radical (unpaired) electrons. The number of nitrogens with zero attached hydrogens (tertiary/aromatic N) is 2. The summed E-state index contributed by atoms with van der Waals surface area (Å²) < 4.78 is 0.808. The van der Waals surface area contributed by atoms with Crippen LogP contribution in [-0.2, 0) is 0 Å². The van der Waals surface area contributed by atoms with Crippen molar-refractivity contribution in [3.63, 3.8) is 0 Å². The van der Waals surface area contributed by atoms with E-state index in [0.29, 0.717) is 16.0 Å². The Morgan fingerprint density at radius 2 is 2.11 bits per heavy atom. The number of hydrogen-bond acceptors (Lipinski definition) is 4. The highest BCUT2D eigenvalue weighted by Crippen LogP contribution is 2.37. The summed E-state index contributed by atoms with van der Waals surface area (Å²) >= 11 is 16.9. The molecule has 0 spiro atoms. The number of halogens is 3. The van der Waals surface area contributed by atoms with Gasteiger partial charge in [-0.05, 0) is 34.1 Å². The van der Waals surface area contributed by atoms with E-state index in [4.69, 9.17) is 23.2 Å². The molecule has 0 aliphatic carbocycles. The first-order valence-corrected chi connectivity index (χ1v) is 7.30. The molecule has 1 aromatic carbocycles. The molecule has 1 N–H and O–H groups in total. The van der Waals surface area contributed by atoms with Crippen molar-refractivity contribution >= 4 is 56.8 Å². The summed E-state index contributed by atoms with van der Waals surface area (Å²) in [6.45, 7) is 0. The summed E-state index contributed by atoms with van der Waals surface area (Å²) in [5.74, 6) is 0.554. The zero-order chi connectivity index (χ0) is 13.1. The van der Waals surface area contributed by atoms with Gasteiger partial charge in [0.1, 0.15) is 5.03 Å². The van der Waals surface area contributed by atoms with Gasteiger partial charge < -0.3 is 5.32 Å². The molecule has 3 nitrogen and oxygen atoms in total. The second-order valence-electron chi connectivity index (χ2n) is 3.27. The molecule has 0 aliphatic rings. The van der Waals surface area contributed by atoms with E-state index in [1.54, 1.807) is 25.4 Å². The fourth-order valence-electron chi connectivity index (χ4n) is 1.20. The average molecular weight is 365 g/mol. The minimum atomic E-state index is 0.554. The van der Waals surface area contributed by atoms with Gasteiger partial charge in [-0.15, -0.1) is 0 Å². The highest BCUT2D eigenvalue weighted by atomic mass is 79.9. The second kappa shape index (κ2) is 6.10. The lowest BCUT2D eigenvalue weighted by atomic mass is 10.4. The maximum absolute atomic E-state index is 6.12. The minimum absolute atomic E-state index is 0.554. The fourth-order valence-corrected chi connectivity index (χ4v) is 2.95. The zero-order valence-corrected chi connectivity index (χ0v) is 13.2. The largest absolute Gasteiger partial charge is 0.357 e. The molecular weight excluding hydrogens is 357 g/mol. The quantitative estimate of drug-likeness (QED) is 0.798. The van der Waals surface area contributed by atoms with E-state index >= 15 is 0 Å². The standard InChI is InChI=1S/C11H8BrCl2N3S/c1-15-11-16-5-7(12)10(17-11)18-9-4-6(13)2-3-8(9)14/h2-5H,1H3,(H,15,16,17). The molecule has 0 saturated heterocycles. The van der Waals surface area contributed by atoms with Crippen LogP contribution in [0.15, 0.2) is 38.8 Å². The zero-order valence-electron chi connectivity index (χ0n) is 9.25. The van der Waals surface area contributed by atoms with E-state index in [1.165, 1.54) is 11.8 Å². The number of aromatic nitrogens is 2. The van der Waals surface area contributed by atoms with Gasteiger partial charge >= 0.3 is 0 Å². The van der Waals surface area contributed by atoms with E-state index in [0.717, 1.165) is 14.4 Å². The van der Waals surface area contributed by atoms with Gasteiger partial charge in [-0.25, -0.2) is 9.97 Å². The van der Waals surface area contributed by atoms with Crippen LogP contribution >= 0.6 is 50.9 Å². The summed E-state index contributed by atoms with van der Waals surface area (Å²) in [7, 11) is 1.77. The molecule has 0 bridgehead atoms. The van der Waals surface area contributed by atoms with Crippen molar-refractivity contribution in [2.24, 2.45) is 0 Å². The van der Waals surface area contributed by atoms with E-state index in [-0.39, 0.29) is 0 Å². The van der Waals surface area contributed by atoms with Gasteiger partial charge in [-0.2, -0.15) is 0 Å². The van der Waals surface area contributed by atoms with Gasteiger partial charge in [-0.3, -0.25) is 0 Å². The molecule has 0 amide bonds. The van der Waals surface area contributed by atoms with Crippen LogP contribution < -0.4 is 5.32 Å². The Kier molecular flexibility index (Phi) is 4.72. The normalized spacial score (nSPS) is 10.4. The second-order valence-corrected chi connectivity index (χ2v) is 6.00. The van der Waals surface area contributed by atoms with Crippen LogP contribution in [0.4, 0.5) is 5.95 Å². The summed E-state index contributed by atoms with van der Waals surface area (Å²) in [6.07, 6.45) is 1.69. The van der Waals surface area contributed by atoms with Crippen LogP contribution in [0.25, 0.3) is 0 Å². The van der Waals surface area contributed by atoms with Crippen molar-refractivity contribution < 1.29 is 0 Å². The lowest BCUT2D eigenvalue weighted by Gasteiger charge is -2.07. The van der Waals surface area contributed by atoms with Crippen LogP contribution in [-0.4, -0.2) is 17.0 Å². The predicted octanol–water partition coefficient (Wildman–Crippen LogP) is 4.74. The van der Waals surface area contributed by atoms with Crippen molar-refractivity contribution in [1.82, 2.24) is 9.97 Å². The van der Waals surface area contributed by atoms with E-state index in [9.17, 15) is 0 Å². The molecule has 0 unspecified atom stereocenters. The summed E-state index contributed by atoms with van der Waals surface area (Å²) in [6, 6.07) is 5.32. The third kappa shape index (κ3) is 3.29. The van der Waals surface area contributed by atoms with E-state index < -0.39 is 0 Å². The summed E-state index contributed by atoms with van der Waals surface area (Å²) in [4.78, 5) is 9.30. The van der Waals surface area contributed by atoms with Crippen molar-refractivity contribution in [3.05, 3.63) is 38.9 Å². The first-order chi connectivity index (χ1) is 8.60. The monoisotopic (exact) mass is 363 g/mol. The molecule has 0 atom stereocenters. The Morgan fingerprint density at radius 3 is 2.83 bits per heavy atom. The average Bonchev–Trinajstić information content (AvgIpc) is 2.36. The number of rotatable bonds is 3. The van der Waals surface area contributed by atoms with Gasteiger partial charge in [-0.1, -0.05) is 35.0 Å². The van der Waals surface area contributed by atoms with Crippen molar-refractivity contribution in [1.29, 1.82) is 0 Å². The van der Waals surface area contributed by atoms with Crippen LogP contribution in [0.1, 0.15) is 0 Å². The Morgan fingerprint density at radius 1 is 1.33 bits per heavy atom. The molecule has 2 aromatic rings. The Labute approximate surface area is 127 Å².